The number of anilines is 3. The maximum Gasteiger partial charge on any atom is 0.335 e. The third-order valence-electron chi connectivity index (χ3n) is 5.88. The molecule has 3 heterocycles. The van der Waals surface area contributed by atoms with Gasteiger partial charge in [-0.05, 0) is 49.9 Å². The van der Waals surface area contributed by atoms with Crippen molar-refractivity contribution in [3.8, 4) is 0 Å². The number of carboxylic acids is 1. The van der Waals surface area contributed by atoms with Gasteiger partial charge in [0.1, 0.15) is 12.4 Å². The molecule has 0 aliphatic carbocycles. The number of amides is 1. The van der Waals surface area contributed by atoms with Crippen molar-refractivity contribution in [1.82, 2.24) is 14.9 Å². The smallest absolute Gasteiger partial charge is 0.335 e. The Balaban J connectivity index is 1.44. The zero-order valence-corrected chi connectivity index (χ0v) is 17.0. The Kier molecular flexibility index (Phi) is 5.88. The van der Waals surface area contributed by atoms with Crippen molar-refractivity contribution in [2.24, 2.45) is 0 Å². The first-order chi connectivity index (χ1) is 14.9. The number of likely N-dealkylation sites (tertiary alicyclic amines) is 1. The number of nitrogens with one attached hydrogen (secondary N) is 1. The van der Waals surface area contributed by atoms with Gasteiger partial charge in [0, 0.05) is 31.4 Å². The molecule has 1 unspecified atom stereocenters. The highest BCUT2D eigenvalue weighted by Gasteiger charge is 2.36. The number of carboxylic acid groups (broad SMARTS) is 1. The van der Waals surface area contributed by atoms with Crippen LogP contribution in [0.3, 0.4) is 0 Å². The Morgan fingerprint density at radius 3 is 2.65 bits per heavy atom. The van der Waals surface area contributed by atoms with Crippen LogP contribution in [0.5, 0.6) is 0 Å². The van der Waals surface area contributed by atoms with Crippen molar-refractivity contribution in [3.05, 3.63) is 42.0 Å². The van der Waals surface area contributed by atoms with Gasteiger partial charge >= 0.3 is 5.97 Å². The molecule has 0 radical (unpaired) electrons. The second-order valence-electron chi connectivity index (χ2n) is 7.89. The Hall–Kier alpha value is -3.43. The van der Waals surface area contributed by atoms with Crippen LogP contribution in [0.2, 0.25) is 0 Å². The molecule has 2 atom stereocenters. The third kappa shape index (κ3) is 4.37. The van der Waals surface area contributed by atoms with E-state index < -0.39 is 11.8 Å². The minimum absolute atomic E-state index is 0.00286. The topological polar surface area (TPSA) is 125 Å². The molecule has 2 aromatic rings. The lowest BCUT2D eigenvalue weighted by molar-refractivity contribution is -0.137. The molecule has 4 N–H and O–H groups in total. The molecule has 4 rings (SSSR count). The number of halogens is 1. The molecule has 0 saturated carbocycles. The summed E-state index contributed by atoms with van der Waals surface area (Å²) in [4.78, 5) is 35.7. The standard InChI is InChI=1S/C21H25FN6O3/c22-17-18(23)24-12-25-19(17)27-9-1-3-15(11-27)28-10-2-4-16(20(28)29)26-14-7-5-13(6-8-14)21(30)31/h5-8,12,15-16,26H,1-4,9-11H2,(H,30,31)(H2,23,24,25)/t15-,16?/m1/s1. The third-order valence-corrected chi connectivity index (χ3v) is 5.88. The number of piperidine rings is 2. The van der Waals surface area contributed by atoms with Crippen LogP contribution in [-0.4, -0.2) is 63.6 Å². The second-order valence-corrected chi connectivity index (χ2v) is 7.89. The van der Waals surface area contributed by atoms with E-state index in [9.17, 15) is 14.0 Å². The summed E-state index contributed by atoms with van der Waals surface area (Å²) in [5.74, 6) is -1.62. The number of benzene rings is 1. The van der Waals surface area contributed by atoms with E-state index in [0.29, 0.717) is 31.7 Å². The fourth-order valence-electron chi connectivity index (χ4n) is 4.30. The van der Waals surface area contributed by atoms with Crippen LogP contribution in [-0.2, 0) is 4.79 Å². The first kappa shape index (κ1) is 20.8. The Bertz CT molecular complexity index is 970. The molecule has 1 amide bonds. The monoisotopic (exact) mass is 428 g/mol. The van der Waals surface area contributed by atoms with E-state index in [1.807, 2.05) is 9.80 Å². The number of rotatable bonds is 5. The van der Waals surface area contributed by atoms with Crippen molar-refractivity contribution in [1.29, 1.82) is 0 Å². The van der Waals surface area contributed by atoms with Crippen LogP contribution in [0.15, 0.2) is 30.6 Å². The molecule has 2 aliphatic heterocycles. The van der Waals surface area contributed by atoms with Crippen LogP contribution in [0, 0.1) is 5.82 Å². The number of nitrogens with zero attached hydrogens (tertiary/aromatic N) is 4. The lowest BCUT2D eigenvalue weighted by atomic mass is 9.97. The first-order valence-electron chi connectivity index (χ1n) is 10.4. The number of hydrogen-bond donors (Lipinski definition) is 3. The van der Waals surface area contributed by atoms with E-state index >= 15 is 0 Å². The Morgan fingerprint density at radius 2 is 1.90 bits per heavy atom. The minimum Gasteiger partial charge on any atom is -0.478 e. The molecule has 31 heavy (non-hydrogen) atoms. The van der Waals surface area contributed by atoms with Crippen molar-refractivity contribution < 1.29 is 19.1 Å². The zero-order chi connectivity index (χ0) is 22.0. The predicted octanol–water partition coefficient (Wildman–Crippen LogP) is 1.97. The number of aromatic nitrogens is 2. The fourth-order valence-corrected chi connectivity index (χ4v) is 4.30. The number of carbonyl (C=O) groups excluding carboxylic acids is 1. The van der Waals surface area contributed by atoms with Gasteiger partial charge in [-0.25, -0.2) is 14.8 Å². The van der Waals surface area contributed by atoms with E-state index in [2.05, 4.69) is 15.3 Å². The summed E-state index contributed by atoms with van der Waals surface area (Å²) in [6.45, 7) is 1.78. The number of nitrogen functional groups attached to an aromatic ring is 1. The van der Waals surface area contributed by atoms with Gasteiger partial charge < -0.3 is 26.0 Å². The average Bonchev–Trinajstić information content (AvgIpc) is 2.77. The number of aromatic carboxylic acids is 1. The maximum absolute atomic E-state index is 14.4. The molecule has 2 aliphatic rings. The van der Waals surface area contributed by atoms with E-state index in [1.165, 1.54) is 18.5 Å². The summed E-state index contributed by atoms with van der Waals surface area (Å²) in [6.07, 6.45) is 4.45. The molecule has 0 bridgehead atoms. The maximum atomic E-state index is 14.4. The van der Waals surface area contributed by atoms with Crippen LogP contribution in [0.25, 0.3) is 0 Å². The molecule has 9 nitrogen and oxygen atoms in total. The van der Waals surface area contributed by atoms with Crippen molar-refractivity contribution >= 4 is 29.2 Å². The highest BCUT2D eigenvalue weighted by molar-refractivity contribution is 5.89. The summed E-state index contributed by atoms with van der Waals surface area (Å²) in [6, 6.07) is 5.93. The lowest BCUT2D eigenvalue weighted by Gasteiger charge is -2.43. The van der Waals surface area contributed by atoms with Gasteiger partial charge in [-0.3, -0.25) is 4.79 Å². The molecule has 164 valence electrons. The molecule has 2 saturated heterocycles. The largest absolute Gasteiger partial charge is 0.478 e. The van der Waals surface area contributed by atoms with Crippen molar-refractivity contribution in [2.45, 2.75) is 37.8 Å². The normalized spacial score (nSPS) is 21.8. The van der Waals surface area contributed by atoms with Crippen LogP contribution < -0.4 is 16.0 Å². The second kappa shape index (κ2) is 8.75. The summed E-state index contributed by atoms with van der Waals surface area (Å²) in [7, 11) is 0. The summed E-state index contributed by atoms with van der Waals surface area (Å²) < 4.78 is 14.4. The molecule has 1 aromatic heterocycles. The first-order valence-corrected chi connectivity index (χ1v) is 10.4. The number of nitrogens with two attached hydrogens (primary N) is 1. The van der Waals surface area contributed by atoms with Crippen LogP contribution in [0.4, 0.5) is 21.7 Å². The SMILES string of the molecule is Nc1ncnc(N2CCC[C@@H](N3CCCC(Nc4ccc(C(=O)O)cc4)C3=O)C2)c1F. The summed E-state index contributed by atoms with van der Waals surface area (Å²) in [5, 5.41) is 12.3. The Labute approximate surface area is 179 Å². The molecular formula is C21H25FN6O3. The van der Waals surface area contributed by atoms with Crippen molar-refractivity contribution in [3.63, 3.8) is 0 Å². The van der Waals surface area contributed by atoms with Crippen LogP contribution >= 0.6 is 0 Å². The van der Waals surface area contributed by atoms with Crippen LogP contribution in [0.1, 0.15) is 36.0 Å². The van der Waals surface area contributed by atoms with Crippen molar-refractivity contribution in [2.75, 3.05) is 35.6 Å². The average molecular weight is 428 g/mol. The Morgan fingerprint density at radius 1 is 1.16 bits per heavy atom. The summed E-state index contributed by atoms with van der Waals surface area (Å²) >= 11 is 0. The zero-order valence-electron chi connectivity index (χ0n) is 17.0. The van der Waals surface area contributed by atoms with Gasteiger partial charge in [-0.2, -0.15) is 4.39 Å². The summed E-state index contributed by atoms with van der Waals surface area (Å²) in [5.41, 5.74) is 6.49. The van der Waals surface area contributed by atoms with E-state index in [1.54, 1.807) is 12.1 Å². The van der Waals surface area contributed by atoms with E-state index in [4.69, 9.17) is 10.8 Å². The highest BCUT2D eigenvalue weighted by atomic mass is 19.1. The molecule has 10 heteroatoms. The lowest BCUT2D eigenvalue weighted by Crippen LogP contribution is -2.56. The van der Waals surface area contributed by atoms with Gasteiger partial charge in [-0.15, -0.1) is 0 Å². The van der Waals surface area contributed by atoms with Gasteiger partial charge in [0.05, 0.1) is 5.56 Å². The minimum atomic E-state index is -0.991. The predicted molar refractivity (Wildman–Crippen MR) is 113 cm³/mol. The quantitative estimate of drug-likeness (QED) is 0.660. The highest BCUT2D eigenvalue weighted by Crippen LogP contribution is 2.27. The number of hydrogen-bond acceptors (Lipinski definition) is 7. The van der Waals surface area contributed by atoms with Gasteiger partial charge in [0.25, 0.3) is 0 Å². The molecule has 2 fully saturated rings. The van der Waals surface area contributed by atoms with E-state index in [0.717, 1.165) is 19.3 Å². The van der Waals surface area contributed by atoms with Gasteiger partial charge in [0.15, 0.2) is 11.6 Å². The van der Waals surface area contributed by atoms with Gasteiger partial charge in [-0.1, -0.05) is 0 Å². The molecular weight excluding hydrogens is 403 g/mol. The fraction of sp³-hybridized carbons (Fsp3) is 0.429. The van der Waals surface area contributed by atoms with E-state index in [-0.39, 0.29) is 35.2 Å². The van der Waals surface area contributed by atoms with Gasteiger partial charge in [0.2, 0.25) is 11.7 Å². The number of carbonyl (C=O) groups is 2. The molecule has 0 spiro atoms. The molecule has 1 aromatic carbocycles.